The topological polar surface area (TPSA) is 75.4 Å². The fraction of sp³-hybridized carbons (Fsp3) is 0.111. The van der Waals surface area contributed by atoms with Crippen molar-refractivity contribution in [3.05, 3.63) is 22.0 Å². The van der Waals surface area contributed by atoms with Gasteiger partial charge in [0.25, 0.3) is 0 Å². The summed E-state index contributed by atoms with van der Waals surface area (Å²) in [7, 11) is 0. The lowest BCUT2D eigenvalue weighted by Crippen LogP contribution is -2.08. The number of nitrogens with zero attached hydrogens (tertiary/aromatic N) is 1. The predicted octanol–water partition coefficient (Wildman–Crippen LogP) is 2.03. The Balaban J connectivity index is 2.23. The quantitative estimate of drug-likeness (QED) is 0.772. The first-order valence-electron chi connectivity index (χ1n) is 4.31. The molecule has 76 valence electrons. The Morgan fingerprint density at radius 1 is 1.67 bits per heavy atom. The Kier molecular flexibility index (Phi) is 1.60. The lowest BCUT2D eigenvalue weighted by atomic mass is 10.1. The maximum Gasteiger partial charge on any atom is 0.360 e. The first-order valence-corrected chi connectivity index (χ1v) is 5.19. The van der Waals surface area contributed by atoms with Gasteiger partial charge in [0.05, 0.1) is 6.54 Å². The fourth-order valence-corrected chi connectivity index (χ4v) is 2.44. The van der Waals surface area contributed by atoms with Gasteiger partial charge >= 0.3 is 5.97 Å². The van der Waals surface area contributed by atoms with Gasteiger partial charge in [0.2, 0.25) is 5.69 Å². The SMILES string of the molecule is O=C(O)c1noc2c1NCc1sccc1-2. The zero-order valence-corrected chi connectivity index (χ0v) is 8.30. The maximum atomic E-state index is 10.8. The highest BCUT2D eigenvalue weighted by atomic mass is 32.1. The average Bonchev–Trinajstić information content (AvgIpc) is 2.82. The minimum Gasteiger partial charge on any atom is -0.476 e. The molecule has 5 nitrogen and oxygen atoms in total. The number of nitrogens with one attached hydrogen (secondary N) is 1. The fourth-order valence-electron chi connectivity index (χ4n) is 1.63. The van der Waals surface area contributed by atoms with Gasteiger partial charge < -0.3 is 14.9 Å². The van der Waals surface area contributed by atoms with Crippen molar-refractivity contribution in [1.82, 2.24) is 5.16 Å². The van der Waals surface area contributed by atoms with Crippen LogP contribution in [0.2, 0.25) is 0 Å². The van der Waals surface area contributed by atoms with E-state index in [2.05, 4.69) is 10.5 Å². The van der Waals surface area contributed by atoms with Gasteiger partial charge in [-0.2, -0.15) is 0 Å². The molecule has 1 aliphatic rings. The summed E-state index contributed by atoms with van der Waals surface area (Å²) in [6.07, 6.45) is 0. The second-order valence-electron chi connectivity index (χ2n) is 3.15. The predicted molar refractivity (Wildman–Crippen MR) is 54.1 cm³/mol. The van der Waals surface area contributed by atoms with Crippen LogP contribution in [0.4, 0.5) is 5.69 Å². The molecule has 2 aromatic rings. The summed E-state index contributed by atoms with van der Waals surface area (Å²) in [5.74, 6) is -0.555. The van der Waals surface area contributed by atoms with E-state index < -0.39 is 5.97 Å². The third-order valence-electron chi connectivity index (χ3n) is 2.31. The van der Waals surface area contributed by atoms with Crippen LogP contribution in [-0.4, -0.2) is 16.2 Å². The highest BCUT2D eigenvalue weighted by Crippen LogP contribution is 2.39. The van der Waals surface area contributed by atoms with Crippen molar-refractivity contribution in [3.63, 3.8) is 0 Å². The molecule has 0 aliphatic carbocycles. The molecule has 6 heteroatoms. The molecule has 0 bridgehead atoms. The summed E-state index contributed by atoms with van der Waals surface area (Å²) >= 11 is 1.61. The van der Waals surface area contributed by atoms with Gasteiger partial charge in [0, 0.05) is 10.4 Å². The molecule has 0 saturated carbocycles. The summed E-state index contributed by atoms with van der Waals surface area (Å²) in [4.78, 5) is 12.0. The van der Waals surface area contributed by atoms with Gasteiger partial charge in [0.15, 0.2) is 5.76 Å². The van der Waals surface area contributed by atoms with E-state index in [1.807, 2.05) is 11.4 Å². The van der Waals surface area contributed by atoms with Crippen molar-refractivity contribution in [2.24, 2.45) is 0 Å². The summed E-state index contributed by atoms with van der Waals surface area (Å²) in [6, 6.07) is 1.91. The summed E-state index contributed by atoms with van der Waals surface area (Å²) in [5, 5.41) is 17.4. The molecule has 0 saturated heterocycles. The number of aromatic carboxylic acids is 1. The zero-order chi connectivity index (χ0) is 10.4. The van der Waals surface area contributed by atoms with E-state index in [1.54, 1.807) is 11.3 Å². The van der Waals surface area contributed by atoms with Crippen molar-refractivity contribution in [2.45, 2.75) is 6.54 Å². The van der Waals surface area contributed by atoms with Crippen molar-refractivity contribution in [1.29, 1.82) is 0 Å². The van der Waals surface area contributed by atoms with Crippen molar-refractivity contribution >= 4 is 23.0 Å². The largest absolute Gasteiger partial charge is 0.476 e. The standard InChI is InChI=1S/C9H6N2O3S/c12-9(13)7-6-8(14-11-7)4-1-2-15-5(4)3-10-6/h1-2,10H,3H2,(H,12,13). The molecule has 1 aliphatic heterocycles. The van der Waals surface area contributed by atoms with E-state index >= 15 is 0 Å². The first-order chi connectivity index (χ1) is 7.27. The zero-order valence-electron chi connectivity index (χ0n) is 7.48. The molecule has 15 heavy (non-hydrogen) atoms. The Labute approximate surface area is 88.3 Å². The van der Waals surface area contributed by atoms with E-state index in [4.69, 9.17) is 9.63 Å². The van der Waals surface area contributed by atoms with Crippen molar-refractivity contribution < 1.29 is 14.4 Å². The van der Waals surface area contributed by atoms with Crippen LogP contribution in [0.15, 0.2) is 16.0 Å². The van der Waals surface area contributed by atoms with Crippen molar-refractivity contribution in [2.75, 3.05) is 5.32 Å². The van der Waals surface area contributed by atoms with Gasteiger partial charge in [-0.15, -0.1) is 11.3 Å². The highest BCUT2D eigenvalue weighted by molar-refractivity contribution is 7.10. The molecule has 2 N–H and O–H groups in total. The second-order valence-corrected chi connectivity index (χ2v) is 4.15. The number of aromatic nitrogens is 1. The van der Waals surface area contributed by atoms with Crippen LogP contribution in [0.1, 0.15) is 15.4 Å². The van der Waals surface area contributed by atoms with Crippen molar-refractivity contribution in [3.8, 4) is 11.3 Å². The van der Waals surface area contributed by atoms with E-state index in [0.717, 1.165) is 10.4 Å². The number of fused-ring (bicyclic) bond motifs is 3. The molecule has 0 amide bonds. The molecule has 0 fully saturated rings. The Bertz CT molecular complexity index is 543. The highest BCUT2D eigenvalue weighted by Gasteiger charge is 2.27. The van der Waals surface area contributed by atoms with Gasteiger partial charge in [0.1, 0.15) is 5.69 Å². The van der Waals surface area contributed by atoms with Gasteiger partial charge in [-0.05, 0) is 11.4 Å². The van der Waals surface area contributed by atoms with E-state index in [-0.39, 0.29) is 5.69 Å². The monoisotopic (exact) mass is 222 g/mol. The van der Waals surface area contributed by atoms with Gasteiger partial charge in [-0.3, -0.25) is 0 Å². The lowest BCUT2D eigenvalue weighted by Gasteiger charge is -2.11. The Morgan fingerprint density at radius 3 is 3.33 bits per heavy atom. The number of thiophene rings is 1. The number of hydrogen-bond donors (Lipinski definition) is 2. The number of hydrogen-bond acceptors (Lipinski definition) is 5. The first kappa shape index (κ1) is 8.49. The Hall–Kier alpha value is -1.82. The number of anilines is 1. The summed E-state index contributed by atoms with van der Waals surface area (Å²) in [5.41, 5.74) is 1.36. The molecule has 3 rings (SSSR count). The minimum atomic E-state index is -1.08. The van der Waals surface area contributed by atoms with Gasteiger partial charge in [-0.1, -0.05) is 5.16 Å². The molecule has 0 radical (unpaired) electrons. The number of carbonyl (C=O) groups is 1. The second kappa shape index (κ2) is 2.83. The van der Waals surface area contributed by atoms with Crippen LogP contribution in [0.3, 0.4) is 0 Å². The van der Waals surface area contributed by atoms with E-state index in [1.165, 1.54) is 0 Å². The van der Waals surface area contributed by atoms with Crippen LogP contribution in [0.25, 0.3) is 11.3 Å². The average molecular weight is 222 g/mol. The van der Waals surface area contributed by atoms with Crippen LogP contribution >= 0.6 is 11.3 Å². The molecule has 0 spiro atoms. The molecular formula is C9H6N2O3S. The number of rotatable bonds is 1. The third kappa shape index (κ3) is 1.08. The van der Waals surface area contributed by atoms with E-state index in [9.17, 15) is 4.79 Å². The lowest BCUT2D eigenvalue weighted by molar-refractivity contribution is 0.0687. The number of carboxylic acid groups (broad SMARTS) is 1. The minimum absolute atomic E-state index is 0.0538. The molecular weight excluding hydrogens is 216 g/mol. The number of carboxylic acids is 1. The van der Waals surface area contributed by atoms with Crippen LogP contribution in [0, 0.1) is 0 Å². The van der Waals surface area contributed by atoms with E-state index in [0.29, 0.717) is 18.0 Å². The van der Waals surface area contributed by atoms with Crippen LogP contribution in [0.5, 0.6) is 0 Å². The van der Waals surface area contributed by atoms with Crippen LogP contribution in [-0.2, 0) is 6.54 Å². The summed E-state index contributed by atoms with van der Waals surface area (Å²) in [6.45, 7) is 0.626. The molecule has 3 heterocycles. The molecule has 0 unspecified atom stereocenters. The molecule has 2 aromatic heterocycles. The maximum absolute atomic E-state index is 10.8. The van der Waals surface area contributed by atoms with Gasteiger partial charge in [-0.25, -0.2) is 4.79 Å². The smallest absolute Gasteiger partial charge is 0.360 e. The summed E-state index contributed by atoms with van der Waals surface area (Å²) < 4.78 is 5.05. The molecule has 0 atom stereocenters. The van der Waals surface area contributed by atoms with Crippen LogP contribution < -0.4 is 5.32 Å². The third-order valence-corrected chi connectivity index (χ3v) is 3.23. The Morgan fingerprint density at radius 2 is 2.53 bits per heavy atom. The molecule has 0 aromatic carbocycles. The normalized spacial score (nSPS) is 12.8.